The number of hydrogen-bond donors (Lipinski definition) is 1. The molecule has 3 aliphatic heterocycles. The number of fused-ring (bicyclic) bond motifs is 2. The van der Waals surface area contributed by atoms with Crippen LogP contribution in [0.4, 0.5) is 23.1 Å². The van der Waals surface area contributed by atoms with Gasteiger partial charge in [0, 0.05) is 67.6 Å². The molecule has 3 fully saturated rings. The Bertz CT molecular complexity index is 1220. The highest BCUT2D eigenvalue weighted by atomic mass is 16.5. The minimum Gasteiger partial charge on any atom is -0.372 e. The van der Waals surface area contributed by atoms with Gasteiger partial charge >= 0.3 is 0 Å². The predicted octanol–water partition coefficient (Wildman–Crippen LogP) is 4.10. The lowest BCUT2D eigenvalue weighted by Gasteiger charge is -2.36. The molecule has 0 spiro atoms. The molecule has 8 nitrogen and oxygen atoms in total. The molecule has 0 saturated carbocycles. The first-order valence-electron chi connectivity index (χ1n) is 13.0. The summed E-state index contributed by atoms with van der Waals surface area (Å²) in [5, 5.41) is 3.40. The number of likely N-dealkylation sites (tertiary alicyclic amines) is 1. The molecule has 0 unspecified atom stereocenters. The molecular formula is C28H35N7O. The number of hydrogen-bond acceptors (Lipinski definition) is 8. The minimum absolute atomic E-state index is 0.204. The van der Waals surface area contributed by atoms with Gasteiger partial charge in [-0.1, -0.05) is 0 Å². The van der Waals surface area contributed by atoms with Crippen LogP contribution < -0.4 is 15.1 Å². The fourth-order valence-electron chi connectivity index (χ4n) is 6.01. The molecule has 0 radical (unpaired) electrons. The second kappa shape index (κ2) is 9.33. The van der Waals surface area contributed by atoms with Crippen LogP contribution in [0.1, 0.15) is 25.8 Å². The smallest absolute Gasteiger partial charge is 0.227 e. The number of rotatable bonds is 5. The van der Waals surface area contributed by atoms with E-state index in [9.17, 15) is 0 Å². The zero-order valence-electron chi connectivity index (χ0n) is 21.6. The predicted molar refractivity (Wildman–Crippen MR) is 144 cm³/mol. The van der Waals surface area contributed by atoms with Gasteiger partial charge in [0.1, 0.15) is 5.82 Å². The first-order valence-corrected chi connectivity index (χ1v) is 13.0. The van der Waals surface area contributed by atoms with E-state index in [-0.39, 0.29) is 12.2 Å². The Morgan fingerprint density at radius 3 is 2.44 bits per heavy atom. The number of morpholine rings is 1. The van der Waals surface area contributed by atoms with E-state index >= 15 is 0 Å². The number of pyridine rings is 1. The Kier molecular flexibility index (Phi) is 6.01. The lowest BCUT2D eigenvalue weighted by atomic mass is 10.1. The molecule has 6 rings (SSSR count). The van der Waals surface area contributed by atoms with E-state index in [1.165, 1.54) is 17.7 Å². The lowest BCUT2D eigenvalue weighted by molar-refractivity contribution is -0.00545. The third-order valence-electron chi connectivity index (χ3n) is 7.72. The summed E-state index contributed by atoms with van der Waals surface area (Å²) in [5.74, 6) is 1.56. The molecule has 2 bridgehead atoms. The summed E-state index contributed by atoms with van der Waals surface area (Å²) in [4.78, 5) is 21.3. The fourth-order valence-corrected chi connectivity index (χ4v) is 6.01. The summed E-state index contributed by atoms with van der Waals surface area (Å²) < 4.78 is 5.85. The highest BCUT2D eigenvalue weighted by Gasteiger charge is 2.41. The highest BCUT2D eigenvalue weighted by Crippen LogP contribution is 2.36. The van der Waals surface area contributed by atoms with Gasteiger partial charge in [0.05, 0.1) is 17.9 Å². The van der Waals surface area contributed by atoms with E-state index in [0.717, 1.165) is 48.9 Å². The van der Waals surface area contributed by atoms with E-state index in [1.54, 1.807) is 6.20 Å². The molecule has 188 valence electrons. The van der Waals surface area contributed by atoms with Crippen molar-refractivity contribution in [3.05, 3.63) is 54.4 Å². The number of likely N-dealkylation sites (N-methyl/N-ethyl adjacent to an activating group) is 1. The third-order valence-corrected chi connectivity index (χ3v) is 7.72. The van der Waals surface area contributed by atoms with E-state index in [1.807, 2.05) is 12.3 Å². The van der Waals surface area contributed by atoms with Crippen molar-refractivity contribution < 1.29 is 4.74 Å². The molecule has 3 aliphatic rings. The maximum Gasteiger partial charge on any atom is 0.227 e. The van der Waals surface area contributed by atoms with Crippen molar-refractivity contribution in [2.24, 2.45) is 0 Å². The van der Waals surface area contributed by atoms with Crippen LogP contribution in [0.15, 0.2) is 48.8 Å². The van der Waals surface area contributed by atoms with Crippen LogP contribution in [0.5, 0.6) is 0 Å². The molecule has 0 aliphatic carbocycles. The van der Waals surface area contributed by atoms with Crippen molar-refractivity contribution in [2.45, 2.75) is 51.5 Å². The van der Waals surface area contributed by atoms with Gasteiger partial charge in [-0.05, 0) is 76.2 Å². The van der Waals surface area contributed by atoms with Gasteiger partial charge in [0.2, 0.25) is 5.95 Å². The summed E-state index contributed by atoms with van der Waals surface area (Å²) in [5.41, 5.74) is 5.43. The zero-order chi connectivity index (χ0) is 24.8. The highest BCUT2D eigenvalue weighted by molar-refractivity contribution is 5.66. The van der Waals surface area contributed by atoms with Crippen LogP contribution >= 0.6 is 0 Å². The molecule has 36 heavy (non-hydrogen) atoms. The number of nitrogens with one attached hydrogen (secondary N) is 1. The molecule has 0 amide bonds. The largest absolute Gasteiger partial charge is 0.372 e. The average Bonchev–Trinajstić information content (AvgIpc) is 3.43. The molecular weight excluding hydrogens is 450 g/mol. The van der Waals surface area contributed by atoms with Crippen LogP contribution in [0.25, 0.3) is 11.3 Å². The lowest BCUT2D eigenvalue weighted by Crippen LogP contribution is -2.45. The van der Waals surface area contributed by atoms with Crippen LogP contribution in [0.3, 0.4) is 0 Å². The maximum absolute atomic E-state index is 5.85. The fraction of sp³-hybridized carbons (Fsp3) is 0.464. The second-order valence-corrected chi connectivity index (χ2v) is 10.6. The minimum atomic E-state index is 0.204. The topological polar surface area (TPSA) is 69.6 Å². The van der Waals surface area contributed by atoms with Gasteiger partial charge in [-0.15, -0.1) is 0 Å². The summed E-state index contributed by atoms with van der Waals surface area (Å²) >= 11 is 0. The summed E-state index contributed by atoms with van der Waals surface area (Å²) in [6.45, 7) is 10.4. The summed E-state index contributed by atoms with van der Waals surface area (Å²) in [6.07, 6.45) is 5.37. The molecule has 3 saturated heterocycles. The van der Waals surface area contributed by atoms with E-state index < -0.39 is 0 Å². The standard InChI is InChI=1S/C28H35N7O/c1-18-11-22(6-7-26(18)35-17-23-12-24(35)16-33(23)4)31-28-29-10-9-25(32-28)21-5-8-27(30-13-21)34-14-19(2)36-20(3)15-34/h5-11,13,19-20,23-24H,12,14-17H2,1-4H3,(H,29,31,32)/t19-,20+,23-,24-/m0/s1. The van der Waals surface area contributed by atoms with Crippen LogP contribution in [0.2, 0.25) is 0 Å². The van der Waals surface area contributed by atoms with Crippen molar-refractivity contribution in [1.82, 2.24) is 19.9 Å². The van der Waals surface area contributed by atoms with Gasteiger partial charge in [-0.3, -0.25) is 4.90 Å². The zero-order valence-corrected chi connectivity index (χ0v) is 21.6. The number of benzene rings is 1. The van der Waals surface area contributed by atoms with Gasteiger partial charge < -0.3 is 19.9 Å². The number of aromatic nitrogens is 3. The SMILES string of the molecule is Cc1cc(Nc2nccc(-c3ccc(N4C[C@@H](C)O[C@@H](C)C4)nc3)n2)ccc1N1C[C@@H]2C[C@H]1CN2C. The molecule has 5 heterocycles. The number of anilines is 4. The monoisotopic (exact) mass is 485 g/mol. The van der Waals surface area contributed by atoms with Gasteiger partial charge in [0.25, 0.3) is 0 Å². The normalized spacial score (nSPS) is 26.0. The maximum atomic E-state index is 5.85. The molecule has 8 heteroatoms. The summed E-state index contributed by atoms with van der Waals surface area (Å²) in [7, 11) is 2.24. The first kappa shape index (κ1) is 23.2. The van der Waals surface area contributed by atoms with Crippen LogP contribution in [-0.4, -0.2) is 77.4 Å². The van der Waals surface area contributed by atoms with Crippen molar-refractivity contribution >= 4 is 23.1 Å². The number of aryl methyl sites for hydroxylation is 1. The Hall–Kier alpha value is -3.23. The van der Waals surface area contributed by atoms with Gasteiger partial charge in [-0.25, -0.2) is 15.0 Å². The molecule has 2 aromatic heterocycles. The molecule has 1 N–H and O–H groups in total. The van der Waals surface area contributed by atoms with Crippen molar-refractivity contribution in [2.75, 3.05) is 48.3 Å². The van der Waals surface area contributed by atoms with Gasteiger partial charge in [0.15, 0.2) is 0 Å². The Morgan fingerprint density at radius 1 is 0.944 bits per heavy atom. The van der Waals surface area contributed by atoms with Crippen LogP contribution in [-0.2, 0) is 4.74 Å². The Balaban J connectivity index is 1.15. The van der Waals surface area contributed by atoms with Crippen molar-refractivity contribution in [3.63, 3.8) is 0 Å². The number of piperazine rings is 1. The number of nitrogens with zero attached hydrogens (tertiary/aromatic N) is 6. The molecule has 4 atom stereocenters. The Labute approximate surface area is 213 Å². The van der Waals surface area contributed by atoms with Crippen molar-refractivity contribution in [3.8, 4) is 11.3 Å². The summed E-state index contributed by atoms with van der Waals surface area (Å²) in [6, 6.07) is 14.0. The van der Waals surface area contributed by atoms with E-state index in [2.05, 4.69) is 83.2 Å². The number of ether oxygens (including phenoxy) is 1. The first-order chi connectivity index (χ1) is 17.4. The van der Waals surface area contributed by atoms with E-state index in [4.69, 9.17) is 14.7 Å². The average molecular weight is 486 g/mol. The van der Waals surface area contributed by atoms with Crippen molar-refractivity contribution in [1.29, 1.82) is 0 Å². The third kappa shape index (κ3) is 4.51. The van der Waals surface area contributed by atoms with Crippen LogP contribution in [0, 0.1) is 6.92 Å². The van der Waals surface area contributed by atoms with E-state index in [0.29, 0.717) is 18.0 Å². The molecule has 3 aromatic rings. The molecule has 1 aromatic carbocycles. The van der Waals surface area contributed by atoms with Gasteiger partial charge in [-0.2, -0.15) is 0 Å². The second-order valence-electron chi connectivity index (χ2n) is 10.6. The quantitative estimate of drug-likeness (QED) is 0.579. The Morgan fingerprint density at radius 2 is 1.78 bits per heavy atom.